The summed E-state index contributed by atoms with van der Waals surface area (Å²) in [5.74, 6) is -6.23. The summed E-state index contributed by atoms with van der Waals surface area (Å²) in [6.45, 7) is 14.8. The van der Waals surface area contributed by atoms with Gasteiger partial charge in [0.1, 0.15) is 22.8 Å². The Morgan fingerprint density at radius 2 is 1.54 bits per heavy atom. The number of phenolic OH excluding ortho intramolecular Hbond substituents is 1. The highest BCUT2D eigenvalue weighted by molar-refractivity contribution is 6.22. The predicted molar refractivity (Wildman–Crippen MR) is 154 cm³/mol. The first-order valence-electron chi connectivity index (χ1n) is 14.1. The third-order valence-corrected chi connectivity index (χ3v) is 8.18. The minimum Gasteiger partial charge on any atom is -0.508 e. The number of hydrogen-bond donors (Lipinski definition) is 7. The number of phenols is 1. The number of primary amides is 1. The maximum atomic E-state index is 13.8. The molecular formula is C31H43N3O7. The van der Waals surface area contributed by atoms with Crippen molar-refractivity contribution in [3.8, 4) is 5.75 Å². The molecule has 224 valence electrons. The Morgan fingerprint density at radius 3 is 2.07 bits per heavy atom. The summed E-state index contributed by atoms with van der Waals surface area (Å²) in [7, 11) is 0. The van der Waals surface area contributed by atoms with Crippen LogP contribution in [-0.2, 0) is 33.9 Å². The van der Waals surface area contributed by atoms with Gasteiger partial charge in [-0.15, -0.1) is 0 Å². The Morgan fingerprint density at radius 1 is 0.976 bits per heavy atom. The Balaban J connectivity index is 1.83. The van der Waals surface area contributed by atoms with Crippen LogP contribution in [0.1, 0.15) is 76.6 Å². The van der Waals surface area contributed by atoms with Gasteiger partial charge in [0.2, 0.25) is 5.78 Å². The highest BCUT2D eigenvalue weighted by Crippen LogP contribution is 2.52. The van der Waals surface area contributed by atoms with Crippen molar-refractivity contribution in [2.75, 3.05) is 13.1 Å². The minimum absolute atomic E-state index is 0.000572. The van der Waals surface area contributed by atoms with Crippen LogP contribution in [-0.4, -0.2) is 56.6 Å². The molecule has 1 fully saturated rings. The molecule has 41 heavy (non-hydrogen) atoms. The van der Waals surface area contributed by atoms with Crippen molar-refractivity contribution in [2.45, 2.75) is 79.5 Å². The first-order chi connectivity index (χ1) is 18.9. The summed E-state index contributed by atoms with van der Waals surface area (Å²) in [6, 6.07) is 1.91. The van der Waals surface area contributed by atoms with E-state index in [1.165, 1.54) is 0 Å². The Kier molecular flexibility index (Phi) is 7.92. The van der Waals surface area contributed by atoms with Gasteiger partial charge in [-0.25, -0.2) is 0 Å². The van der Waals surface area contributed by atoms with Gasteiger partial charge >= 0.3 is 0 Å². The van der Waals surface area contributed by atoms with Crippen LogP contribution in [0.15, 0.2) is 23.0 Å². The molecule has 3 unspecified atom stereocenters. The average molecular weight is 570 g/mol. The van der Waals surface area contributed by atoms with Gasteiger partial charge in [-0.2, -0.15) is 0 Å². The molecular weight excluding hydrogens is 526 g/mol. The normalized spacial score (nSPS) is 24.8. The second-order valence-electron chi connectivity index (χ2n) is 14.1. The highest BCUT2D eigenvalue weighted by atomic mass is 16.3. The number of benzene rings is 1. The zero-order valence-electron chi connectivity index (χ0n) is 24.8. The summed E-state index contributed by atoms with van der Waals surface area (Å²) in [4.78, 5) is 38.3. The van der Waals surface area contributed by atoms with Crippen LogP contribution in [0.25, 0.3) is 5.76 Å². The number of amides is 1. The minimum atomic E-state index is -2.58. The third-order valence-electron chi connectivity index (χ3n) is 8.18. The fraction of sp³-hybridized carbons (Fsp3) is 0.581. The smallest absolute Gasteiger partial charge is 0.255 e. The summed E-state index contributed by atoms with van der Waals surface area (Å²) in [5.41, 5.74) is 4.02. The lowest BCUT2D eigenvalue weighted by Crippen LogP contribution is -2.58. The number of nitrogens with one attached hydrogen (secondary N) is 2. The lowest BCUT2D eigenvalue weighted by atomic mass is 9.59. The standard InChI is InChI=1S/C31H43N3O7/c1-29(2,3)13-33-11-16-7-17(12-34-14-30(4,5)6)24(36)22-19(16)9-15-8-18-10-20(35)23(28(32)40)27(39)31(18,41)26(38)21(15)25(22)37/h7,15,18,33-34,36-37,39,41H,8-14H2,1-6H3,(H2,32,40). The number of carbonyl (C=O) groups is 3. The summed E-state index contributed by atoms with van der Waals surface area (Å²) in [6.07, 6.45) is 0.0449. The van der Waals surface area contributed by atoms with Crippen LogP contribution in [0.4, 0.5) is 0 Å². The molecule has 3 aliphatic carbocycles. The first kappa shape index (κ1) is 30.7. The molecule has 10 nitrogen and oxygen atoms in total. The lowest BCUT2D eigenvalue weighted by Gasteiger charge is -2.46. The van der Waals surface area contributed by atoms with Crippen molar-refractivity contribution in [3.05, 3.63) is 45.2 Å². The van der Waals surface area contributed by atoms with Crippen LogP contribution in [0.3, 0.4) is 0 Å². The lowest BCUT2D eigenvalue weighted by molar-refractivity contribution is -0.147. The van der Waals surface area contributed by atoms with E-state index in [1.54, 1.807) is 0 Å². The zero-order chi connectivity index (χ0) is 30.7. The van der Waals surface area contributed by atoms with Crippen LogP contribution in [0, 0.1) is 22.7 Å². The van der Waals surface area contributed by atoms with Crippen molar-refractivity contribution in [3.63, 3.8) is 0 Å². The van der Waals surface area contributed by atoms with E-state index < -0.39 is 52.0 Å². The number of aromatic hydroxyl groups is 1. The number of Topliss-reactive ketones (excluding diaryl/α,β-unsaturated/α-hetero) is 2. The Hall–Kier alpha value is -3.21. The average Bonchev–Trinajstić information content (AvgIpc) is 2.82. The van der Waals surface area contributed by atoms with Crippen molar-refractivity contribution in [1.29, 1.82) is 0 Å². The van der Waals surface area contributed by atoms with Gasteiger partial charge in [-0.1, -0.05) is 41.5 Å². The number of hydrogen-bond acceptors (Lipinski definition) is 9. The molecule has 0 spiro atoms. The fourth-order valence-electron chi connectivity index (χ4n) is 6.26. The first-order valence-corrected chi connectivity index (χ1v) is 14.1. The van der Waals surface area contributed by atoms with Gasteiger partial charge in [-0.3, -0.25) is 14.4 Å². The molecule has 0 heterocycles. The van der Waals surface area contributed by atoms with Crippen LogP contribution in [0.5, 0.6) is 5.75 Å². The van der Waals surface area contributed by atoms with Gasteiger partial charge in [0.25, 0.3) is 5.91 Å². The van der Waals surface area contributed by atoms with E-state index in [1.807, 2.05) is 6.07 Å². The number of aliphatic hydroxyl groups excluding tert-OH is 2. The maximum Gasteiger partial charge on any atom is 0.255 e. The summed E-state index contributed by atoms with van der Waals surface area (Å²) < 4.78 is 0. The van der Waals surface area contributed by atoms with E-state index in [-0.39, 0.29) is 47.0 Å². The Labute approximate surface area is 240 Å². The van der Waals surface area contributed by atoms with E-state index >= 15 is 0 Å². The topological polar surface area (TPSA) is 182 Å². The molecule has 0 radical (unpaired) electrons. The van der Waals surface area contributed by atoms with Gasteiger partial charge in [0.15, 0.2) is 11.4 Å². The van der Waals surface area contributed by atoms with E-state index in [0.29, 0.717) is 30.8 Å². The third kappa shape index (κ3) is 5.65. The SMILES string of the molecule is CC(C)(C)CNCc1cc(CNCC(C)(C)C)c2c(c1O)C(O)=C1C(=O)C3(O)C(O)=C(C(N)=O)C(=O)CC3CC1C2. The Bertz CT molecular complexity index is 1360. The van der Waals surface area contributed by atoms with Crippen LogP contribution in [0.2, 0.25) is 0 Å². The molecule has 0 bridgehead atoms. The largest absolute Gasteiger partial charge is 0.508 e. The summed E-state index contributed by atoms with van der Waals surface area (Å²) in [5, 5.41) is 52.1. The molecule has 1 saturated carbocycles. The van der Waals surface area contributed by atoms with Crippen LogP contribution < -0.4 is 16.4 Å². The molecule has 3 aliphatic rings. The number of carbonyl (C=O) groups excluding carboxylic acids is 3. The van der Waals surface area contributed by atoms with E-state index in [0.717, 1.165) is 12.1 Å². The number of fused-ring (bicyclic) bond motifs is 3. The van der Waals surface area contributed by atoms with E-state index in [4.69, 9.17) is 5.73 Å². The van der Waals surface area contributed by atoms with Crippen LogP contribution >= 0.6 is 0 Å². The predicted octanol–water partition coefficient (Wildman–Crippen LogP) is 2.70. The quantitative estimate of drug-likeness (QED) is 0.243. The number of rotatable bonds is 7. The van der Waals surface area contributed by atoms with Gasteiger partial charge in [0.05, 0.1) is 5.56 Å². The molecule has 4 rings (SSSR count). The van der Waals surface area contributed by atoms with Crippen molar-refractivity contribution in [1.82, 2.24) is 10.6 Å². The van der Waals surface area contributed by atoms with E-state index in [9.17, 15) is 34.8 Å². The number of ketones is 2. The maximum absolute atomic E-state index is 13.8. The molecule has 1 aromatic carbocycles. The van der Waals surface area contributed by atoms with Crippen molar-refractivity contribution in [2.24, 2.45) is 28.4 Å². The van der Waals surface area contributed by atoms with Crippen molar-refractivity contribution >= 4 is 23.2 Å². The molecule has 0 aromatic heterocycles. The molecule has 8 N–H and O–H groups in total. The van der Waals surface area contributed by atoms with Gasteiger partial charge in [-0.05, 0) is 46.8 Å². The zero-order valence-corrected chi connectivity index (χ0v) is 24.8. The molecule has 0 saturated heterocycles. The fourth-order valence-corrected chi connectivity index (χ4v) is 6.26. The molecule has 0 aliphatic heterocycles. The summed E-state index contributed by atoms with van der Waals surface area (Å²) >= 11 is 0. The molecule has 1 aromatic rings. The number of nitrogens with two attached hydrogens (primary N) is 1. The van der Waals surface area contributed by atoms with Gasteiger partial charge in [0, 0.05) is 49.7 Å². The second-order valence-corrected chi connectivity index (χ2v) is 14.1. The highest BCUT2D eigenvalue weighted by Gasteiger charge is 2.60. The monoisotopic (exact) mass is 569 g/mol. The second kappa shape index (κ2) is 10.6. The molecule has 3 atom stereocenters. The van der Waals surface area contributed by atoms with E-state index in [2.05, 4.69) is 52.2 Å². The molecule has 1 amide bonds. The molecule has 10 heteroatoms. The number of aliphatic hydroxyl groups is 3. The van der Waals surface area contributed by atoms with Crippen molar-refractivity contribution < 1.29 is 34.8 Å². The van der Waals surface area contributed by atoms with Gasteiger partial charge < -0.3 is 36.8 Å².